The van der Waals surface area contributed by atoms with Gasteiger partial charge in [0.1, 0.15) is 0 Å². The Morgan fingerprint density at radius 2 is 1.32 bits per heavy atom. The van der Waals surface area contributed by atoms with Crippen LogP contribution < -0.4 is 35.9 Å². The normalized spacial score (nSPS) is 10.9. The van der Waals surface area contributed by atoms with Crippen molar-refractivity contribution < 1.29 is 45.8 Å². The zero-order valence-electron chi connectivity index (χ0n) is 18.4. The average molecular weight is 448 g/mol. The second-order valence-electron chi connectivity index (χ2n) is 7.30. The van der Waals surface area contributed by atoms with E-state index in [1.165, 1.54) is 0 Å². The second kappa shape index (κ2) is 9.31. The predicted molar refractivity (Wildman–Crippen MR) is 113 cm³/mol. The number of methoxy groups -OCH3 is 4. The molecule has 31 heavy (non-hydrogen) atoms. The van der Waals surface area contributed by atoms with E-state index in [0.717, 1.165) is 16.3 Å². The molecule has 1 heterocycles. The van der Waals surface area contributed by atoms with Crippen molar-refractivity contribution in [2.45, 2.75) is 19.4 Å². The van der Waals surface area contributed by atoms with E-state index < -0.39 is 11.5 Å². The zero-order chi connectivity index (χ0) is 22.1. The molecule has 0 amide bonds. The quantitative estimate of drug-likeness (QED) is 0.536. The lowest BCUT2D eigenvalue weighted by Gasteiger charge is -2.19. The summed E-state index contributed by atoms with van der Waals surface area (Å²) >= 11 is 0. The highest BCUT2D eigenvalue weighted by molar-refractivity contribution is 5.87. The number of hydrogen-bond donors (Lipinski definition) is 1. The SMILES string of the molecule is COc1ccc(-c2cc3cc(OC)c(OC)cc3c[n+]2C(C)(C)C(=O)O)cc1OC.[Cl-]. The Bertz CT molecular complexity index is 1110. The first-order chi connectivity index (χ1) is 14.3. The van der Waals surface area contributed by atoms with E-state index in [1.54, 1.807) is 52.9 Å². The summed E-state index contributed by atoms with van der Waals surface area (Å²) in [6, 6.07) is 11.1. The Morgan fingerprint density at radius 3 is 1.84 bits per heavy atom. The number of ether oxygens (including phenoxy) is 4. The van der Waals surface area contributed by atoms with Gasteiger partial charge >= 0.3 is 5.97 Å². The molecule has 0 aliphatic carbocycles. The van der Waals surface area contributed by atoms with E-state index in [-0.39, 0.29) is 12.4 Å². The van der Waals surface area contributed by atoms with Crippen molar-refractivity contribution in [1.82, 2.24) is 0 Å². The number of halogens is 1. The lowest BCUT2D eigenvalue weighted by Crippen LogP contribution is -3.00. The monoisotopic (exact) mass is 447 g/mol. The number of carbonyl (C=O) groups is 1. The van der Waals surface area contributed by atoms with Gasteiger partial charge in [-0.05, 0) is 35.7 Å². The number of carboxylic acid groups (broad SMARTS) is 1. The van der Waals surface area contributed by atoms with E-state index in [1.807, 2.05) is 36.5 Å². The molecule has 3 rings (SSSR count). The number of carboxylic acids is 1. The highest BCUT2D eigenvalue weighted by Crippen LogP contribution is 2.36. The van der Waals surface area contributed by atoms with Crippen LogP contribution in [0.3, 0.4) is 0 Å². The van der Waals surface area contributed by atoms with E-state index >= 15 is 0 Å². The van der Waals surface area contributed by atoms with E-state index in [0.29, 0.717) is 28.7 Å². The Balaban J connectivity index is 0.00000341. The molecular formula is C23H26ClNO6. The lowest BCUT2D eigenvalue weighted by atomic mass is 9.99. The average Bonchev–Trinajstić information content (AvgIpc) is 2.76. The number of nitrogens with zero attached hydrogens (tertiary/aromatic N) is 1. The summed E-state index contributed by atoms with van der Waals surface area (Å²) in [6.07, 6.45) is 1.82. The molecule has 0 saturated carbocycles. The Hall–Kier alpha value is -3.19. The van der Waals surface area contributed by atoms with Crippen LogP contribution in [-0.2, 0) is 10.3 Å². The van der Waals surface area contributed by atoms with Crippen LogP contribution in [0.5, 0.6) is 23.0 Å². The fraction of sp³-hybridized carbons (Fsp3) is 0.304. The molecule has 0 atom stereocenters. The van der Waals surface area contributed by atoms with Crippen LogP contribution in [0.1, 0.15) is 13.8 Å². The van der Waals surface area contributed by atoms with Crippen LogP contribution in [-0.4, -0.2) is 39.5 Å². The topological polar surface area (TPSA) is 78.1 Å². The summed E-state index contributed by atoms with van der Waals surface area (Å²) in [6.45, 7) is 3.32. The molecule has 0 aliphatic heterocycles. The first kappa shape index (κ1) is 24.1. The molecule has 166 valence electrons. The van der Waals surface area contributed by atoms with Crippen molar-refractivity contribution in [3.63, 3.8) is 0 Å². The van der Waals surface area contributed by atoms with Gasteiger partial charge in [0.05, 0.1) is 34.0 Å². The number of rotatable bonds is 7. The largest absolute Gasteiger partial charge is 1.00 e. The van der Waals surface area contributed by atoms with Crippen molar-refractivity contribution in [1.29, 1.82) is 0 Å². The van der Waals surface area contributed by atoms with Gasteiger partial charge in [0.15, 0.2) is 29.2 Å². The molecule has 0 saturated heterocycles. The Kier molecular flexibility index (Phi) is 7.23. The fourth-order valence-electron chi connectivity index (χ4n) is 3.36. The van der Waals surface area contributed by atoms with Crippen LogP contribution in [0.15, 0.2) is 42.6 Å². The van der Waals surface area contributed by atoms with Gasteiger partial charge in [0, 0.05) is 25.3 Å². The molecule has 0 unspecified atom stereocenters. The van der Waals surface area contributed by atoms with Gasteiger partial charge in [0.25, 0.3) is 5.54 Å². The van der Waals surface area contributed by atoms with Crippen molar-refractivity contribution in [3.05, 3.63) is 42.6 Å². The number of pyridine rings is 1. The van der Waals surface area contributed by atoms with Gasteiger partial charge in [-0.15, -0.1) is 0 Å². The first-order valence-corrected chi connectivity index (χ1v) is 9.34. The van der Waals surface area contributed by atoms with Crippen molar-refractivity contribution in [2.75, 3.05) is 28.4 Å². The number of aliphatic carboxylic acids is 1. The predicted octanol–water partition coefficient (Wildman–Crippen LogP) is 0.652. The summed E-state index contributed by atoms with van der Waals surface area (Å²) in [5.41, 5.74) is 0.297. The minimum Gasteiger partial charge on any atom is -1.00 e. The van der Waals surface area contributed by atoms with Gasteiger partial charge in [-0.25, -0.2) is 4.79 Å². The summed E-state index contributed by atoms with van der Waals surface area (Å²) in [4.78, 5) is 12.1. The number of aromatic nitrogens is 1. The number of benzene rings is 2. The van der Waals surface area contributed by atoms with Crippen LogP contribution in [0.25, 0.3) is 22.0 Å². The minimum atomic E-state index is -1.20. The van der Waals surface area contributed by atoms with Crippen LogP contribution >= 0.6 is 0 Å². The molecule has 0 radical (unpaired) electrons. The zero-order valence-corrected chi connectivity index (χ0v) is 19.1. The fourth-order valence-corrected chi connectivity index (χ4v) is 3.36. The van der Waals surface area contributed by atoms with E-state index in [9.17, 15) is 9.90 Å². The number of hydrogen-bond acceptors (Lipinski definition) is 5. The Morgan fingerprint density at radius 1 is 0.806 bits per heavy atom. The molecule has 1 N–H and O–H groups in total. The maximum absolute atomic E-state index is 12.1. The molecule has 0 fully saturated rings. The standard InChI is InChI=1S/C23H25NO6.ClH/c1-23(2,22(25)26)24-13-16-12-21(30-6)20(29-5)11-15(16)9-17(24)14-7-8-18(27-3)19(10-14)28-4;/h7-13H,1-6H3;1H. The van der Waals surface area contributed by atoms with Crippen molar-refractivity contribution >= 4 is 16.7 Å². The third-order valence-corrected chi connectivity index (χ3v) is 5.21. The molecule has 0 spiro atoms. The summed E-state index contributed by atoms with van der Waals surface area (Å²) in [7, 11) is 6.28. The summed E-state index contributed by atoms with van der Waals surface area (Å²) < 4.78 is 23.3. The smallest absolute Gasteiger partial charge is 0.376 e. The van der Waals surface area contributed by atoms with Crippen molar-refractivity contribution in [3.8, 4) is 34.3 Å². The van der Waals surface area contributed by atoms with Gasteiger partial charge in [-0.2, -0.15) is 4.57 Å². The molecule has 2 aromatic carbocycles. The van der Waals surface area contributed by atoms with E-state index in [2.05, 4.69) is 0 Å². The van der Waals surface area contributed by atoms with Crippen molar-refractivity contribution in [2.24, 2.45) is 0 Å². The molecule has 8 heteroatoms. The van der Waals surface area contributed by atoms with E-state index in [4.69, 9.17) is 18.9 Å². The van der Waals surface area contributed by atoms with Gasteiger partial charge < -0.3 is 36.5 Å². The molecule has 0 aliphatic rings. The number of fused-ring (bicyclic) bond motifs is 1. The highest BCUT2D eigenvalue weighted by Gasteiger charge is 2.40. The van der Waals surface area contributed by atoms with Gasteiger partial charge in [-0.3, -0.25) is 0 Å². The van der Waals surface area contributed by atoms with Crippen LogP contribution in [0, 0.1) is 0 Å². The highest BCUT2D eigenvalue weighted by atomic mass is 35.5. The third-order valence-electron chi connectivity index (χ3n) is 5.21. The summed E-state index contributed by atoms with van der Waals surface area (Å²) in [5.74, 6) is 1.37. The second-order valence-corrected chi connectivity index (χ2v) is 7.30. The minimum absolute atomic E-state index is 0. The molecular weight excluding hydrogens is 422 g/mol. The van der Waals surface area contributed by atoms with Gasteiger partial charge in [0.2, 0.25) is 5.69 Å². The summed E-state index contributed by atoms with van der Waals surface area (Å²) in [5, 5.41) is 11.6. The first-order valence-electron chi connectivity index (χ1n) is 9.34. The Labute approximate surface area is 187 Å². The third kappa shape index (κ3) is 4.32. The van der Waals surface area contributed by atoms with Crippen LogP contribution in [0.2, 0.25) is 0 Å². The molecule has 3 aromatic rings. The van der Waals surface area contributed by atoms with Gasteiger partial charge in [-0.1, -0.05) is 0 Å². The molecule has 7 nitrogen and oxygen atoms in total. The molecule has 1 aromatic heterocycles. The maximum atomic E-state index is 12.1. The van der Waals surface area contributed by atoms with Crippen LogP contribution in [0.4, 0.5) is 0 Å². The maximum Gasteiger partial charge on any atom is 0.376 e. The lowest BCUT2D eigenvalue weighted by molar-refractivity contribution is -0.732. The molecule has 0 bridgehead atoms.